The highest BCUT2D eigenvalue weighted by Crippen LogP contribution is 2.31. The van der Waals surface area contributed by atoms with Gasteiger partial charge in [0.25, 0.3) is 5.91 Å². The standard InChI is InChI=1S/C25H21N3O2S/c1-16-6-8-17(9-7-16)14-26-24(29)19-10-11-22-23(13-19)31-25-27-21(15-28(22)25)18-4-3-5-20(12-18)30-2/h3-13,15H,14H2,1-2H3,(H,26,29). The molecule has 1 N–H and O–H groups in total. The summed E-state index contributed by atoms with van der Waals surface area (Å²) in [6.07, 6.45) is 2.03. The zero-order valence-corrected chi connectivity index (χ0v) is 18.1. The Labute approximate surface area is 183 Å². The number of imidazole rings is 1. The van der Waals surface area contributed by atoms with Crippen molar-refractivity contribution in [2.75, 3.05) is 7.11 Å². The second-order valence-corrected chi connectivity index (χ2v) is 8.47. The second kappa shape index (κ2) is 7.89. The topological polar surface area (TPSA) is 55.6 Å². The molecule has 31 heavy (non-hydrogen) atoms. The van der Waals surface area contributed by atoms with Gasteiger partial charge in [0.05, 0.1) is 23.0 Å². The molecule has 0 saturated carbocycles. The van der Waals surface area contributed by atoms with Gasteiger partial charge >= 0.3 is 0 Å². The lowest BCUT2D eigenvalue weighted by Gasteiger charge is -2.06. The molecule has 5 aromatic rings. The number of hydrogen-bond donors (Lipinski definition) is 1. The van der Waals surface area contributed by atoms with Gasteiger partial charge in [-0.15, -0.1) is 0 Å². The molecular formula is C25H21N3O2S. The third kappa shape index (κ3) is 3.78. The Morgan fingerprint density at radius 3 is 2.74 bits per heavy atom. The number of ether oxygens (including phenoxy) is 1. The third-order valence-corrected chi connectivity index (χ3v) is 6.31. The van der Waals surface area contributed by atoms with Crippen LogP contribution in [0.1, 0.15) is 21.5 Å². The van der Waals surface area contributed by atoms with Gasteiger partial charge in [0.15, 0.2) is 4.96 Å². The first-order chi connectivity index (χ1) is 15.1. The molecule has 0 saturated heterocycles. The summed E-state index contributed by atoms with van der Waals surface area (Å²) in [7, 11) is 1.66. The van der Waals surface area contributed by atoms with Gasteiger partial charge in [-0.2, -0.15) is 0 Å². The molecule has 154 valence electrons. The van der Waals surface area contributed by atoms with Crippen LogP contribution in [0.3, 0.4) is 0 Å². The van der Waals surface area contributed by atoms with Crippen LogP contribution in [0.25, 0.3) is 26.4 Å². The summed E-state index contributed by atoms with van der Waals surface area (Å²) in [6, 6.07) is 21.8. The summed E-state index contributed by atoms with van der Waals surface area (Å²) in [6.45, 7) is 2.56. The minimum atomic E-state index is -0.0782. The predicted octanol–water partition coefficient (Wildman–Crippen LogP) is 5.46. The van der Waals surface area contributed by atoms with Gasteiger partial charge in [0, 0.05) is 23.9 Å². The molecule has 2 heterocycles. The molecule has 0 bridgehead atoms. The van der Waals surface area contributed by atoms with Crippen molar-refractivity contribution in [1.29, 1.82) is 0 Å². The van der Waals surface area contributed by atoms with Crippen LogP contribution < -0.4 is 10.1 Å². The monoisotopic (exact) mass is 427 g/mol. The molecule has 2 aromatic heterocycles. The van der Waals surface area contributed by atoms with Crippen LogP contribution in [0.5, 0.6) is 5.75 Å². The van der Waals surface area contributed by atoms with Gasteiger partial charge < -0.3 is 10.1 Å². The normalized spacial score (nSPS) is 11.2. The van der Waals surface area contributed by atoms with Gasteiger partial charge in [-0.3, -0.25) is 9.20 Å². The lowest BCUT2D eigenvalue weighted by Crippen LogP contribution is -2.22. The Kier molecular flexibility index (Phi) is 4.92. The number of nitrogens with one attached hydrogen (secondary N) is 1. The van der Waals surface area contributed by atoms with Crippen molar-refractivity contribution in [3.63, 3.8) is 0 Å². The van der Waals surface area contributed by atoms with Crippen molar-refractivity contribution in [2.45, 2.75) is 13.5 Å². The quantitative estimate of drug-likeness (QED) is 0.405. The molecule has 6 heteroatoms. The van der Waals surface area contributed by atoms with E-state index in [0.29, 0.717) is 12.1 Å². The molecule has 3 aromatic carbocycles. The number of fused-ring (bicyclic) bond motifs is 3. The number of benzene rings is 3. The molecule has 0 fully saturated rings. The average molecular weight is 428 g/mol. The van der Waals surface area contributed by atoms with Crippen LogP contribution in [0.15, 0.2) is 72.9 Å². The zero-order valence-electron chi connectivity index (χ0n) is 17.3. The largest absolute Gasteiger partial charge is 0.497 e. The molecular weight excluding hydrogens is 406 g/mol. The summed E-state index contributed by atoms with van der Waals surface area (Å²) in [4.78, 5) is 18.3. The van der Waals surface area contributed by atoms with E-state index in [1.807, 2.05) is 60.8 Å². The lowest BCUT2D eigenvalue weighted by molar-refractivity contribution is 0.0951. The van der Waals surface area contributed by atoms with E-state index in [0.717, 1.165) is 37.7 Å². The molecule has 5 rings (SSSR count). The predicted molar refractivity (Wildman–Crippen MR) is 125 cm³/mol. The van der Waals surface area contributed by atoms with Crippen LogP contribution in [-0.2, 0) is 6.54 Å². The van der Waals surface area contributed by atoms with Crippen molar-refractivity contribution in [1.82, 2.24) is 14.7 Å². The fourth-order valence-electron chi connectivity index (χ4n) is 3.55. The third-order valence-electron chi connectivity index (χ3n) is 5.30. The van der Waals surface area contributed by atoms with Crippen molar-refractivity contribution < 1.29 is 9.53 Å². The number of carbonyl (C=O) groups is 1. The number of thiazole rings is 1. The number of carbonyl (C=O) groups excluding carboxylic acids is 1. The zero-order chi connectivity index (χ0) is 21.4. The van der Waals surface area contributed by atoms with E-state index in [2.05, 4.69) is 28.8 Å². The van der Waals surface area contributed by atoms with Crippen molar-refractivity contribution in [3.8, 4) is 17.0 Å². The summed E-state index contributed by atoms with van der Waals surface area (Å²) >= 11 is 1.58. The highest BCUT2D eigenvalue weighted by molar-refractivity contribution is 7.23. The summed E-state index contributed by atoms with van der Waals surface area (Å²) < 4.78 is 8.42. The average Bonchev–Trinajstić information content (AvgIpc) is 3.36. The highest BCUT2D eigenvalue weighted by atomic mass is 32.1. The number of amides is 1. The number of aromatic nitrogens is 2. The van der Waals surface area contributed by atoms with Crippen LogP contribution in [0.4, 0.5) is 0 Å². The molecule has 0 spiro atoms. The lowest BCUT2D eigenvalue weighted by atomic mass is 10.1. The fourth-order valence-corrected chi connectivity index (χ4v) is 4.60. The fraction of sp³-hybridized carbons (Fsp3) is 0.120. The Bertz CT molecular complexity index is 1400. The van der Waals surface area contributed by atoms with Crippen LogP contribution in [0, 0.1) is 6.92 Å². The van der Waals surface area contributed by atoms with E-state index in [1.165, 1.54) is 5.56 Å². The first-order valence-corrected chi connectivity index (χ1v) is 10.8. The first-order valence-electron chi connectivity index (χ1n) is 10.0. The Morgan fingerprint density at radius 2 is 1.94 bits per heavy atom. The van der Waals surface area contributed by atoms with Gasteiger partial charge in [-0.1, -0.05) is 53.3 Å². The first kappa shape index (κ1) is 19.3. The van der Waals surface area contributed by atoms with E-state index in [-0.39, 0.29) is 5.91 Å². The van der Waals surface area contributed by atoms with E-state index in [1.54, 1.807) is 18.4 Å². The molecule has 0 radical (unpaired) electrons. The van der Waals surface area contributed by atoms with Crippen molar-refractivity contribution >= 4 is 32.4 Å². The molecule has 0 aliphatic rings. The highest BCUT2D eigenvalue weighted by Gasteiger charge is 2.13. The number of aryl methyl sites for hydroxylation is 1. The maximum absolute atomic E-state index is 12.6. The molecule has 0 aliphatic heterocycles. The number of methoxy groups -OCH3 is 1. The van der Waals surface area contributed by atoms with E-state index >= 15 is 0 Å². The second-order valence-electron chi connectivity index (χ2n) is 7.46. The Hall–Kier alpha value is -3.64. The van der Waals surface area contributed by atoms with Gasteiger partial charge in [0.2, 0.25) is 0 Å². The molecule has 0 atom stereocenters. The molecule has 5 nitrogen and oxygen atoms in total. The van der Waals surface area contributed by atoms with E-state index < -0.39 is 0 Å². The maximum atomic E-state index is 12.6. The van der Waals surface area contributed by atoms with Gasteiger partial charge in [-0.05, 0) is 42.8 Å². The minimum absolute atomic E-state index is 0.0782. The van der Waals surface area contributed by atoms with Gasteiger partial charge in [0.1, 0.15) is 5.75 Å². The number of hydrogen-bond acceptors (Lipinski definition) is 4. The Morgan fingerprint density at radius 1 is 1.10 bits per heavy atom. The Balaban J connectivity index is 1.39. The SMILES string of the molecule is COc1cccc(-c2cn3c(n2)sc2cc(C(=O)NCc4ccc(C)cc4)ccc23)c1. The van der Waals surface area contributed by atoms with Crippen molar-refractivity contribution in [2.24, 2.45) is 0 Å². The number of rotatable bonds is 5. The molecule has 0 aliphatic carbocycles. The van der Waals surface area contributed by atoms with Crippen LogP contribution in [0.2, 0.25) is 0 Å². The van der Waals surface area contributed by atoms with E-state index in [4.69, 9.17) is 9.72 Å². The van der Waals surface area contributed by atoms with E-state index in [9.17, 15) is 4.79 Å². The molecule has 0 unspecified atom stereocenters. The van der Waals surface area contributed by atoms with Crippen LogP contribution in [-0.4, -0.2) is 22.4 Å². The van der Waals surface area contributed by atoms with Gasteiger partial charge in [-0.25, -0.2) is 4.98 Å². The van der Waals surface area contributed by atoms with Crippen LogP contribution >= 0.6 is 11.3 Å². The van der Waals surface area contributed by atoms with Crippen molar-refractivity contribution in [3.05, 3.63) is 89.6 Å². The smallest absolute Gasteiger partial charge is 0.251 e. The summed E-state index contributed by atoms with van der Waals surface area (Å²) in [5.41, 5.74) is 5.88. The molecule has 1 amide bonds. The summed E-state index contributed by atoms with van der Waals surface area (Å²) in [5, 5.41) is 3.00. The number of nitrogens with zero attached hydrogens (tertiary/aromatic N) is 2. The maximum Gasteiger partial charge on any atom is 0.251 e. The minimum Gasteiger partial charge on any atom is -0.497 e. The summed E-state index contributed by atoms with van der Waals surface area (Å²) in [5.74, 6) is 0.727.